The lowest BCUT2D eigenvalue weighted by atomic mass is 10.0. The van der Waals surface area contributed by atoms with Gasteiger partial charge in [-0.2, -0.15) is 0 Å². The number of hydrogen-bond donors (Lipinski definition) is 2. The molecule has 20 heavy (non-hydrogen) atoms. The van der Waals surface area contributed by atoms with E-state index in [0.717, 1.165) is 12.0 Å². The smallest absolute Gasteiger partial charge is 0.127 e. The first-order valence-corrected chi connectivity index (χ1v) is 6.93. The minimum Gasteiger partial charge on any atom is -0.387 e. The van der Waals surface area contributed by atoms with Crippen molar-refractivity contribution in [3.05, 3.63) is 71.5 Å². The Bertz CT molecular complexity index is 530. The molecule has 0 aliphatic heterocycles. The molecule has 2 N–H and O–H groups in total. The fourth-order valence-corrected chi connectivity index (χ4v) is 2.28. The predicted octanol–water partition coefficient (Wildman–Crippen LogP) is 3.60. The molecule has 0 aliphatic carbocycles. The molecule has 2 rings (SSSR count). The first-order valence-electron chi connectivity index (χ1n) is 6.93. The van der Waals surface area contributed by atoms with Gasteiger partial charge in [-0.1, -0.05) is 55.5 Å². The number of nitrogens with one attached hydrogen (secondary N) is 1. The Morgan fingerprint density at radius 1 is 1.05 bits per heavy atom. The molecular formula is C17H20FNO. The molecule has 106 valence electrons. The maximum atomic E-state index is 13.8. The van der Waals surface area contributed by atoms with Crippen molar-refractivity contribution in [2.24, 2.45) is 0 Å². The van der Waals surface area contributed by atoms with Crippen molar-refractivity contribution in [2.75, 3.05) is 6.54 Å². The van der Waals surface area contributed by atoms with Gasteiger partial charge in [-0.15, -0.1) is 0 Å². The monoisotopic (exact) mass is 273 g/mol. The number of halogens is 1. The lowest BCUT2D eigenvalue weighted by molar-refractivity contribution is 0.169. The second-order valence-corrected chi connectivity index (χ2v) is 4.82. The third-order valence-corrected chi connectivity index (χ3v) is 3.43. The molecule has 0 aromatic heterocycles. The Hall–Kier alpha value is -1.71. The van der Waals surface area contributed by atoms with E-state index in [1.54, 1.807) is 12.1 Å². The second-order valence-electron chi connectivity index (χ2n) is 4.82. The van der Waals surface area contributed by atoms with E-state index >= 15 is 0 Å². The summed E-state index contributed by atoms with van der Waals surface area (Å²) in [6.45, 7) is 2.40. The van der Waals surface area contributed by atoms with E-state index in [2.05, 4.69) is 5.32 Å². The fraction of sp³-hybridized carbons (Fsp3) is 0.294. The molecule has 0 saturated carbocycles. The van der Waals surface area contributed by atoms with Gasteiger partial charge in [-0.3, -0.25) is 0 Å². The van der Waals surface area contributed by atoms with Crippen molar-refractivity contribution < 1.29 is 9.50 Å². The van der Waals surface area contributed by atoms with Crippen LogP contribution in [0.15, 0.2) is 54.6 Å². The zero-order valence-corrected chi connectivity index (χ0v) is 11.6. The molecule has 0 saturated heterocycles. The topological polar surface area (TPSA) is 32.3 Å². The predicted molar refractivity (Wildman–Crippen MR) is 78.8 cm³/mol. The summed E-state index contributed by atoms with van der Waals surface area (Å²) in [5.74, 6) is -0.207. The molecule has 2 aromatic carbocycles. The molecule has 2 atom stereocenters. The molecule has 0 bridgehead atoms. The van der Waals surface area contributed by atoms with Crippen LogP contribution in [0.3, 0.4) is 0 Å². The second kappa shape index (κ2) is 7.17. The summed E-state index contributed by atoms with van der Waals surface area (Å²) in [7, 11) is 0. The van der Waals surface area contributed by atoms with E-state index < -0.39 is 6.10 Å². The molecule has 0 heterocycles. The van der Waals surface area contributed by atoms with E-state index in [1.807, 2.05) is 43.3 Å². The van der Waals surface area contributed by atoms with Crippen molar-refractivity contribution in [1.82, 2.24) is 5.32 Å². The van der Waals surface area contributed by atoms with Gasteiger partial charge in [-0.05, 0) is 18.1 Å². The van der Waals surface area contributed by atoms with Crippen molar-refractivity contribution >= 4 is 0 Å². The SMILES string of the molecule is CC[C@@H](NC[C@@H](O)c1ccccc1)c1ccccc1F. The van der Waals surface area contributed by atoms with Gasteiger partial charge in [0.25, 0.3) is 0 Å². The highest BCUT2D eigenvalue weighted by Crippen LogP contribution is 2.21. The number of benzene rings is 2. The van der Waals surface area contributed by atoms with E-state index in [-0.39, 0.29) is 11.9 Å². The third-order valence-electron chi connectivity index (χ3n) is 3.43. The quantitative estimate of drug-likeness (QED) is 0.843. The Morgan fingerprint density at radius 2 is 1.70 bits per heavy atom. The molecule has 0 unspecified atom stereocenters. The van der Waals surface area contributed by atoms with Gasteiger partial charge in [-0.25, -0.2) is 4.39 Å². The van der Waals surface area contributed by atoms with E-state index in [0.29, 0.717) is 12.1 Å². The number of rotatable bonds is 6. The summed E-state index contributed by atoms with van der Waals surface area (Å²) < 4.78 is 13.8. The molecule has 0 spiro atoms. The van der Waals surface area contributed by atoms with Gasteiger partial charge >= 0.3 is 0 Å². The Labute approximate surface area is 119 Å². The van der Waals surface area contributed by atoms with Gasteiger partial charge in [0.15, 0.2) is 0 Å². The normalized spacial score (nSPS) is 13.9. The Kier molecular flexibility index (Phi) is 5.27. The van der Waals surface area contributed by atoms with Crippen molar-refractivity contribution in [3.63, 3.8) is 0 Å². The summed E-state index contributed by atoms with van der Waals surface area (Å²) in [6.07, 6.45) is 0.180. The van der Waals surface area contributed by atoms with Crippen LogP contribution in [0, 0.1) is 5.82 Å². The number of hydrogen-bond acceptors (Lipinski definition) is 2. The Balaban J connectivity index is 2.00. The summed E-state index contributed by atoms with van der Waals surface area (Å²) in [6, 6.07) is 16.2. The summed E-state index contributed by atoms with van der Waals surface area (Å²) in [5.41, 5.74) is 1.51. The first kappa shape index (κ1) is 14.7. The Morgan fingerprint density at radius 3 is 2.35 bits per heavy atom. The van der Waals surface area contributed by atoms with Crippen LogP contribution in [0.1, 0.15) is 36.6 Å². The van der Waals surface area contributed by atoms with E-state index in [9.17, 15) is 9.50 Å². The minimum atomic E-state index is -0.586. The van der Waals surface area contributed by atoms with Crippen LogP contribution in [0.2, 0.25) is 0 Å². The van der Waals surface area contributed by atoms with Crippen LogP contribution < -0.4 is 5.32 Å². The average molecular weight is 273 g/mol. The largest absolute Gasteiger partial charge is 0.387 e. The van der Waals surface area contributed by atoms with Crippen LogP contribution in [0.4, 0.5) is 4.39 Å². The maximum Gasteiger partial charge on any atom is 0.127 e. The minimum absolute atomic E-state index is 0.0884. The summed E-state index contributed by atoms with van der Waals surface area (Å²) >= 11 is 0. The summed E-state index contributed by atoms with van der Waals surface area (Å²) in [4.78, 5) is 0. The van der Waals surface area contributed by atoms with E-state index in [1.165, 1.54) is 6.07 Å². The van der Waals surface area contributed by atoms with Crippen LogP contribution in [0.5, 0.6) is 0 Å². The molecule has 2 nitrogen and oxygen atoms in total. The third kappa shape index (κ3) is 3.65. The maximum absolute atomic E-state index is 13.8. The average Bonchev–Trinajstić information content (AvgIpc) is 2.50. The standard InChI is InChI=1S/C17H20FNO/c1-2-16(14-10-6-7-11-15(14)18)19-12-17(20)13-8-4-3-5-9-13/h3-11,16-17,19-20H,2,12H2,1H3/t16-,17-/m1/s1. The van der Waals surface area contributed by atoms with Gasteiger partial charge < -0.3 is 10.4 Å². The molecule has 0 amide bonds. The molecule has 3 heteroatoms. The zero-order valence-electron chi connectivity index (χ0n) is 11.6. The lowest BCUT2D eigenvalue weighted by Crippen LogP contribution is -2.26. The van der Waals surface area contributed by atoms with Crippen molar-refractivity contribution in [2.45, 2.75) is 25.5 Å². The highest BCUT2D eigenvalue weighted by atomic mass is 19.1. The molecular weight excluding hydrogens is 253 g/mol. The molecule has 2 aromatic rings. The highest BCUT2D eigenvalue weighted by molar-refractivity contribution is 5.22. The van der Waals surface area contributed by atoms with Gasteiger partial charge in [0.05, 0.1) is 6.10 Å². The number of aliphatic hydroxyl groups is 1. The van der Waals surface area contributed by atoms with E-state index in [4.69, 9.17) is 0 Å². The fourth-order valence-electron chi connectivity index (χ4n) is 2.28. The zero-order chi connectivity index (χ0) is 14.4. The van der Waals surface area contributed by atoms with Gasteiger partial charge in [0.1, 0.15) is 5.82 Å². The van der Waals surface area contributed by atoms with Crippen LogP contribution >= 0.6 is 0 Å². The molecule has 0 aliphatic rings. The van der Waals surface area contributed by atoms with Gasteiger partial charge in [0, 0.05) is 18.2 Å². The molecule has 0 radical (unpaired) electrons. The van der Waals surface area contributed by atoms with Crippen molar-refractivity contribution in [1.29, 1.82) is 0 Å². The number of aliphatic hydroxyl groups excluding tert-OH is 1. The molecule has 0 fully saturated rings. The van der Waals surface area contributed by atoms with Crippen LogP contribution in [0.25, 0.3) is 0 Å². The lowest BCUT2D eigenvalue weighted by Gasteiger charge is -2.20. The van der Waals surface area contributed by atoms with Crippen LogP contribution in [-0.2, 0) is 0 Å². The van der Waals surface area contributed by atoms with Crippen molar-refractivity contribution in [3.8, 4) is 0 Å². The van der Waals surface area contributed by atoms with Gasteiger partial charge in [0.2, 0.25) is 0 Å². The first-order chi connectivity index (χ1) is 9.72. The summed E-state index contributed by atoms with van der Waals surface area (Å²) in [5, 5.41) is 13.4. The van der Waals surface area contributed by atoms with Crippen LogP contribution in [-0.4, -0.2) is 11.7 Å². The highest BCUT2D eigenvalue weighted by Gasteiger charge is 2.15.